The molecule has 0 fully saturated rings. The largest absolute Gasteiger partial charge is 0.462 e. The van der Waals surface area contributed by atoms with E-state index in [9.17, 15) is 14.0 Å². The molecule has 0 aromatic heterocycles. The van der Waals surface area contributed by atoms with Crippen LogP contribution in [0.25, 0.3) is 0 Å². The molecular weight excluding hydrogens is 321 g/mol. The quantitative estimate of drug-likeness (QED) is 0.219. The molecule has 4 nitrogen and oxygen atoms in total. The van der Waals surface area contributed by atoms with Gasteiger partial charge in [0, 0.05) is 17.5 Å². The molecule has 0 atom stereocenters. The molecule has 0 unspecified atom stereocenters. The molecule has 0 saturated carbocycles. The molecule has 2 aromatic carbocycles. The number of terminal acetylenes is 1. The zero-order valence-corrected chi connectivity index (χ0v) is 13.6. The van der Waals surface area contributed by atoms with E-state index in [1.54, 1.807) is 31.2 Å². The first-order chi connectivity index (χ1) is 12.1. The molecule has 0 amide bonds. The summed E-state index contributed by atoms with van der Waals surface area (Å²) in [6, 6.07) is 12.3. The first-order valence-corrected chi connectivity index (χ1v) is 7.56. The maximum atomic E-state index is 13.9. The third-order valence-electron chi connectivity index (χ3n) is 3.29. The van der Waals surface area contributed by atoms with E-state index in [1.165, 1.54) is 24.4 Å². The van der Waals surface area contributed by atoms with E-state index < -0.39 is 17.6 Å². The van der Waals surface area contributed by atoms with Crippen LogP contribution in [0.4, 0.5) is 10.1 Å². The molecule has 1 N–H and O–H groups in total. The van der Waals surface area contributed by atoms with Crippen LogP contribution in [0.3, 0.4) is 0 Å². The summed E-state index contributed by atoms with van der Waals surface area (Å²) in [7, 11) is 0. The van der Waals surface area contributed by atoms with E-state index in [0.717, 1.165) is 6.07 Å². The van der Waals surface area contributed by atoms with Crippen LogP contribution in [0.5, 0.6) is 0 Å². The molecule has 0 aliphatic heterocycles. The molecule has 5 heteroatoms. The molecule has 126 valence electrons. The highest BCUT2D eigenvalue weighted by atomic mass is 19.1. The topological polar surface area (TPSA) is 55.4 Å². The molecule has 25 heavy (non-hydrogen) atoms. The fourth-order valence-corrected chi connectivity index (χ4v) is 2.03. The third kappa shape index (κ3) is 4.55. The summed E-state index contributed by atoms with van der Waals surface area (Å²) in [6.07, 6.45) is 6.50. The van der Waals surface area contributed by atoms with Crippen molar-refractivity contribution in [3.8, 4) is 12.3 Å². The van der Waals surface area contributed by atoms with E-state index in [1.807, 2.05) is 0 Å². The molecule has 0 heterocycles. The second-order valence-electron chi connectivity index (χ2n) is 4.95. The summed E-state index contributed by atoms with van der Waals surface area (Å²) in [5.74, 6) is 0.190. The number of ketones is 1. The minimum absolute atomic E-state index is 0.0948. The van der Waals surface area contributed by atoms with Gasteiger partial charge in [-0.2, -0.15) is 0 Å². The Bertz CT molecular complexity index is 848. The predicted octanol–water partition coefficient (Wildman–Crippen LogP) is 3.55. The summed E-state index contributed by atoms with van der Waals surface area (Å²) < 4.78 is 18.8. The lowest BCUT2D eigenvalue weighted by molar-refractivity contribution is -0.138. The summed E-state index contributed by atoms with van der Waals surface area (Å²) in [6.45, 7) is 1.71. The number of Topliss-reactive ketones (excluding diaryl/α,β-unsaturated/α-hetero) is 1. The highest BCUT2D eigenvalue weighted by Gasteiger charge is 2.23. The van der Waals surface area contributed by atoms with Crippen molar-refractivity contribution < 1.29 is 18.7 Å². The highest BCUT2D eigenvalue weighted by molar-refractivity contribution is 6.24. The van der Waals surface area contributed by atoms with Gasteiger partial charge in [0.25, 0.3) is 0 Å². The normalized spacial score (nSPS) is 10.7. The van der Waals surface area contributed by atoms with Gasteiger partial charge in [0.15, 0.2) is 0 Å². The molecule has 0 aliphatic carbocycles. The van der Waals surface area contributed by atoms with Gasteiger partial charge < -0.3 is 10.1 Å². The lowest BCUT2D eigenvalue weighted by atomic mass is 10.0. The Balaban J connectivity index is 2.31. The van der Waals surface area contributed by atoms with Crippen LogP contribution in [0.1, 0.15) is 22.8 Å². The number of hydrogen-bond acceptors (Lipinski definition) is 4. The summed E-state index contributed by atoms with van der Waals surface area (Å²) >= 11 is 0. The number of anilines is 1. The van der Waals surface area contributed by atoms with Gasteiger partial charge in [0.1, 0.15) is 11.4 Å². The van der Waals surface area contributed by atoms with Gasteiger partial charge in [-0.3, -0.25) is 4.79 Å². The van der Waals surface area contributed by atoms with Crippen molar-refractivity contribution in [1.29, 1.82) is 0 Å². The summed E-state index contributed by atoms with van der Waals surface area (Å²) in [4.78, 5) is 24.6. The fourth-order valence-electron chi connectivity index (χ4n) is 2.03. The van der Waals surface area contributed by atoms with Crippen LogP contribution in [0.2, 0.25) is 0 Å². The summed E-state index contributed by atoms with van der Waals surface area (Å²) in [5, 5.41) is 2.83. The number of carbonyl (C=O) groups is 2. The van der Waals surface area contributed by atoms with Gasteiger partial charge in [0.2, 0.25) is 5.78 Å². The first kappa shape index (κ1) is 18.0. The van der Waals surface area contributed by atoms with Crippen LogP contribution in [-0.4, -0.2) is 18.4 Å². The minimum atomic E-state index is -0.830. The van der Waals surface area contributed by atoms with Gasteiger partial charge in [-0.05, 0) is 43.3 Å². The Hall–Kier alpha value is -3.39. The van der Waals surface area contributed by atoms with Crippen molar-refractivity contribution >= 4 is 17.4 Å². The maximum absolute atomic E-state index is 13.9. The van der Waals surface area contributed by atoms with Crippen LogP contribution < -0.4 is 5.32 Å². The Morgan fingerprint density at radius 3 is 2.48 bits per heavy atom. The summed E-state index contributed by atoms with van der Waals surface area (Å²) in [5.41, 5.74) is 0.809. The SMILES string of the molecule is C#Cc1ccc(NC=C(C(=O)OCC)C(=O)c2ccccc2F)cc1. The monoisotopic (exact) mass is 337 g/mol. The second kappa shape index (κ2) is 8.46. The van der Waals surface area contributed by atoms with Crippen molar-refractivity contribution in [3.63, 3.8) is 0 Å². The van der Waals surface area contributed by atoms with Crippen molar-refractivity contribution in [2.24, 2.45) is 0 Å². The van der Waals surface area contributed by atoms with Crippen molar-refractivity contribution in [1.82, 2.24) is 0 Å². The lowest BCUT2D eigenvalue weighted by Gasteiger charge is -2.08. The maximum Gasteiger partial charge on any atom is 0.343 e. The number of ether oxygens (including phenoxy) is 1. The highest BCUT2D eigenvalue weighted by Crippen LogP contribution is 2.15. The number of hydrogen-bond donors (Lipinski definition) is 1. The van der Waals surface area contributed by atoms with E-state index in [-0.39, 0.29) is 17.7 Å². The van der Waals surface area contributed by atoms with E-state index in [2.05, 4.69) is 11.2 Å². The molecule has 2 rings (SSSR count). The van der Waals surface area contributed by atoms with E-state index >= 15 is 0 Å². The van der Waals surface area contributed by atoms with Crippen LogP contribution in [0, 0.1) is 18.2 Å². The molecule has 2 aromatic rings. The second-order valence-corrected chi connectivity index (χ2v) is 4.95. The average Bonchev–Trinajstić information content (AvgIpc) is 2.63. The lowest BCUT2D eigenvalue weighted by Crippen LogP contribution is -2.18. The predicted molar refractivity (Wildman–Crippen MR) is 93.4 cm³/mol. The van der Waals surface area contributed by atoms with E-state index in [4.69, 9.17) is 11.2 Å². The zero-order valence-electron chi connectivity index (χ0n) is 13.6. The van der Waals surface area contributed by atoms with Crippen molar-refractivity contribution in [2.75, 3.05) is 11.9 Å². The standard InChI is InChI=1S/C20H16FNO3/c1-3-14-9-11-15(12-10-14)22-13-17(20(24)25-4-2)19(23)16-7-5-6-8-18(16)21/h1,5-13,22H,4H2,2H3. The number of halogens is 1. The van der Waals surface area contributed by atoms with Gasteiger partial charge in [-0.1, -0.05) is 18.1 Å². The van der Waals surface area contributed by atoms with Gasteiger partial charge in [-0.25, -0.2) is 9.18 Å². The third-order valence-corrected chi connectivity index (χ3v) is 3.29. The Kier molecular flexibility index (Phi) is 6.08. The van der Waals surface area contributed by atoms with Gasteiger partial charge in [0.05, 0.1) is 12.2 Å². The molecule has 0 radical (unpaired) electrons. The van der Waals surface area contributed by atoms with Gasteiger partial charge >= 0.3 is 5.97 Å². The molecule has 0 aliphatic rings. The number of carbonyl (C=O) groups excluding carboxylic acids is 2. The zero-order chi connectivity index (χ0) is 18.2. The minimum Gasteiger partial charge on any atom is -0.462 e. The van der Waals surface area contributed by atoms with E-state index in [0.29, 0.717) is 11.3 Å². The van der Waals surface area contributed by atoms with Crippen molar-refractivity contribution in [3.05, 3.63) is 77.2 Å². The van der Waals surface area contributed by atoms with Crippen LogP contribution >= 0.6 is 0 Å². The molecule has 0 bridgehead atoms. The van der Waals surface area contributed by atoms with Crippen LogP contribution in [0.15, 0.2) is 60.3 Å². The average molecular weight is 337 g/mol. The molecule has 0 saturated heterocycles. The van der Waals surface area contributed by atoms with Crippen LogP contribution in [-0.2, 0) is 9.53 Å². The first-order valence-electron chi connectivity index (χ1n) is 7.56. The fraction of sp³-hybridized carbons (Fsp3) is 0.100. The smallest absolute Gasteiger partial charge is 0.343 e. The number of rotatable bonds is 6. The molecular formula is C20H16FNO3. The molecule has 0 spiro atoms. The van der Waals surface area contributed by atoms with Crippen molar-refractivity contribution in [2.45, 2.75) is 6.92 Å². The number of nitrogens with one attached hydrogen (secondary N) is 1. The number of benzene rings is 2. The Morgan fingerprint density at radius 2 is 1.88 bits per heavy atom. The van der Waals surface area contributed by atoms with Gasteiger partial charge in [-0.15, -0.1) is 6.42 Å². The number of esters is 1. The Labute approximate surface area is 145 Å². The Morgan fingerprint density at radius 1 is 1.20 bits per heavy atom.